The third-order valence-corrected chi connectivity index (χ3v) is 12.0. The molecule has 4 nitrogen and oxygen atoms in total. The Bertz CT molecular complexity index is 2880. The van der Waals surface area contributed by atoms with E-state index in [4.69, 9.17) is 19.4 Å². The largest absolute Gasteiger partial charge is 0.456 e. The van der Waals surface area contributed by atoms with Crippen LogP contribution in [-0.2, 0) is 5.41 Å². The van der Waals surface area contributed by atoms with Gasteiger partial charge in [0.05, 0.1) is 0 Å². The second-order valence-corrected chi connectivity index (χ2v) is 15.1. The van der Waals surface area contributed by atoms with Crippen LogP contribution in [0, 0.1) is 0 Å². The molecule has 0 radical (unpaired) electrons. The lowest BCUT2D eigenvalue weighted by atomic mass is 9.66. The van der Waals surface area contributed by atoms with Crippen LogP contribution in [0.1, 0.15) is 43.2 Å². The van der Waals surface area contributed by atoms with Crippen molar-refractivity contribution in [2.75, 3.05) is 0 Å². The number of benzene rings is 7. The number of fused-ring (bicyclic) bond motifs is 8. The third-order valence-electron chi connectivity index (χ3n) is 12.0. The summed E-state index contributed by atoms with van der Waals surface area (Å²) in [6.45, 7) is 0. The summed E-state index contributed by atoms with van der Waals surface area (Å²) < 4.78 is 6.28. The molecule has 4 heteroatoms. The molecule has 262 valence electrons. The average molecular weight is 708 g/mol. The molecule has 11 rings (SSSR count). The van der Waals surface area contributed by atoms with Gasteiger partial charge in [0, 0.05) is 32.9 Å². The smallest absolute Gasteiger partial charge is 0.164 e. The summed E-state index contributed by atoms with van der Waals surface area (Å²) in [5.41, 5.74) is 15.2. The Morgan fingerprint density at radius 1 is 0.382 bits per heavy atom. The van der Waals surface area contributed by atoms with Crippen LogP contribution >= 0.6 is 0 Å². The minimum absolute atomic E-state index is 0.0778. The van der Waals surface area contributed by atoms with Crippen molar-refractivity contribution < 1.29 is 4.42 Å². The Labute approximate surface area is 320 Å². The van der Waals surface area contributed by atoms with E-state index in [-0.39, 0.29) is 5.41 Å². The van der Waals surface area contributed by atoms with Gasteiger partial charge in [0.15, 0.2) is 17.5 Å². The van der Waals surface area contributed by atoms with Gasteiger partial charge in [-0.15, -0.1) is 0 Å². The SMILES string of the molecule is c1ccc(-c2ccc(-c3nc(-c4ccc(-c5cccc6c5C5(CCCCC5)c5ccccc5-6)cc4)nc(-c4ccc5c(c4)oc4ccccc45)n3)cc2)cc1. The molecule has 0 unspecified atom stereocenters. The van der Waals surface area contributed by atoms with Crippen molar-refractivity contribution in [1.29, 1.82) is 0 Å². The summed E-state index contributed by atoms with van der Waals surface area (Å²) in [6, 6.07) is 58.2. The minimum atomic E-state index is 0.0778. The number of nitrogens with zero attached hydrogens (tertiary/aromatic N) is 3. The van der Waals surface area contributed by atoms with Gasteiger partial charge in [-0.1, -0.05) is 165 Å². The molecule has 0 atom stereocenters. The van der Waals surface area contributed by atoms with Crippen LogP contribution in [0.2, 0.25) is 0 Å². The van der Waals surface area contributed by atoms with E-state index in [2.05, 4.69) is 140 Å². The molecular weight excluding hydrogens is 671 g/mol. The maximum Gasteiger partial charge on any atom is 0.164 e. The summed E-state index contributed by atoms with van der Waals surface area (Å²) in [5, 5.41) is 2.17. The van der Waals surface area contributed by atoms with E-state index in [0.717, 1.165) is 44.2 Å². The summed E-state index contributed by atoms with van der Waals surface area (Å²) in [6.07, 6.45) is 6.26. The molecule has 1 saturated carbocycles. The summed E-state index contributed by atoms with van der Waals surface area (Å²) in [4.78, 5) is 15.3. The highest BCUT2D eigenvalue weighted by Gasteiger charge is 2.45. The lowest BCUT2D eigenvalue weighted by Crippen LogP contribution is -2.28. The molecule has 7 aromatic carbocycles. The quantitative estimate of drug-likeness (QED) is 0.179. The van der Waals surface area contributed by atoms with E-state index < -0.39 is 0 Å². The molecule has 55 heavy (non-hydrogen) atoms. The predicted octanol–water partition coefficient (Wildman–Crippen LogP) is 13.3. The number of hydrogen-bond acceptors (Lipinski definition) is 4. The highest BCUT2D eigenvalue weighted by Crippen LogP contribution is 2.58. The van der Waals surface area contributed by atoms with Gasteiger partial charge in [-0.25, -0.2) is 15.0 Å². The van der Waals surface area contributed by atoms with E-state index >= 15 is 0 Å². The number of hydrogen-bond donors (Lipinski definition) is 0. The lowest BCUT2D eigenvalue weighted by Gasteiger charge is -2.37. The van der Waals surface area contributed by atoms with E-state index in [0.29, 0.717) is 17.5 Å². The first-order chi connectivity index (χ1) is 27.2. The van der Waals surface area contributed by atoms with Crippen molar-refractivity contribution in [3.63, 3.8) is 0 Å². The average Bonchev–Trinajstić information content (AvgIpc) is 3.77. The van der Waals surface area contributed by atoms with Crippen molar-refractivity contribution in [2.45, 2.75) is 37.5 Å². The molecule has 0 aliphatic heterocycles. The van der Waals surface area contributed by atoms with Crippen molar-refractivity contribution >= 4 is 21.9 Å². The van der Waals surface area contributed by atoms with Crippen LogP contribution in [-0.4, -0.2) is 15.0 Å². The Hall–Kier alpha value is -6.65. The van der Waals surface area contributed by atoms with Gasteiger partial charge in [0.1, 0.15) is 11.2 Å². The zero-order chi connectivity index (χ0) is 36.3. The van der Waals surface area contributed by atoms with E-state index in [1.807, 2.05) is 24.3 Å². The van der Waals surface area contributed by atoms with E-state index in [9.17, 15) is 0 Å². The normalized spacial score (nSPS) is 14.3. The van der Waals surface area contributed by atoms with Crippen molar-refractivity contribution in [1.82, 2.24) is 15.0 Å². The molecule has 1 spiro atoms. The maximum atomic E-state index is 6.28. The highest BCUT2D eigenvalue weighted by atomic mass is 16.3. The van der Waals surface area contributed by atoms with Gasteiger partial charge in [0.2, 0.25) is 0 Å². The second-order valence-electron chi connectivity index (χ2n) is 15.1. The van der Waals surface area contributed by atoms with Gasteiger partial charge in [-0.05, 0) is 75.5 Å². The molecule has 0 bridgehead atoms. The van der Waals surface area contributed by atoms with Crippen molar-refractivity contribution in [2.24, 2.45) is 0 Å². The Kier molecular flexibility index (Phi) is 7.38. The summed E-state index contributed by atoms with van der Waals surface area (Å²) in [5.74, 6) is 1.88. The van der Waals surface area contributed by atoms with Gasteiger partial charge in [-0.2, -0.15) is 0 Å². The number of rotatable bonds is 5. The van der Waals surface area contributed by atoms with Gasteiger partial charge in [0.25, 0.3) is 0 Å². The zero-order valence-electron chi connectivity index (χ0n) is 30.4. The number of aromatic nitrogens is 3. The molecule has 2 aliphatic rings. The minimum Gasteiger partial charge on any atom is -0.456 e. The predicted molar refractivity (Wildman–Crippen MR) is 224 cm³/mol. The van der Waals surface area contributed by atoms with Crippen LogP contribution in [0.15, 0.2) is 168 Å². The second kappa shape index (κ2) is 12.7. The fourth-order valence-corrected chi connectivity index (χ4v) is 9.35. The molecule has 2 aliphatic carbocycles. The molecule has 1 fully saturated rings. The van der Waals surface area contributed by atoms with Crippen LogP contribution in [0.25, 0.3) is 89.5 Å². The van der Waals surface area contributed by atoms with Crippen LogP contribution in [0.4, 0.5) is 0 Å². The maximum absolute atomic E-state index is 6.28. The van der Waals surface area contributed by atoms with Crippen LogP contribution < -0.4 is 0 Å². The molecule has 9 aromatic rings. The zero-order valence-corrected chi connectivity index (χ0v) is 30.4. The molecule has 2 aromatic heterocycles. The lowest BCUT2D eigenvalue weighted by molar-refractivity contribution is 0.353. The topological polar surface area (TPSA) is 51.8 Å². The van der Waals surface area contributed by atoms with E-state index in [1.54, 1.807) is 0 Å². The van der Waals surface area contributed by atoms with E-state index in [1.165, 1.54) is 71.0 Å². The first-order valence-electron chi connectivity index (χ1n) is 19.4. The Morgan fingerprint density at radius 2 is 0.927 bits per heavy atom. The fourth-order valence-electron chi connectivity index (χ4n) is 9.35. The van der Waals surface area contributed by atoms with Gasteiger partial charge >= 0.3 is 0 Å². The Balaban J connectivity index is 1.02. The Morgan fingerprint density at radius 3 is 1.69 bits per heavy atom. The standard InChI is InChI=1S/C51H37N3O/c1-3-12-33(13-4-1)34-20-24-36(25-21-34)48-52-49(54-50(53-48)38-28-29-42-41-15-6-8-19-45(41)55-46(42)32-38)37-26-22-35(23-27-37)39-16-11-17-43-40-14-5-7-18-44(40)51(47(39)43)30-9-2-10-31-51/h1,3-8,11-29,32H,2,9-10,30-31H2. The third kappa shape index (κ3) is 5.24. The monoisotopic (exact) mass is 707 g/mol. The van der Waals surface area contributed by atoms with Gasteiger partial charge < -0.3 is 4.42 Å². The molecular formula is C51H37N3O. The van der Waals surface area contributed by atoms with Crippen molar-refractivity contribution in [3.05, 3.63) is 175 Å². The molecule has 2 heterocycles. The van der Waals surface area contributed by atoms with Crippen LogP contribution in [0.5, 0.6) is 0 Å². The number of para-hydroxylation sites is 1. The number of furan rings is 1. The molecule has 0 saturated heterocycles. The molecule has 0 amide bonds. The van der Waals surface area contributed by atoms with Crippen LogP contribution in [0.3, 0.4) is 0 Å². The first-order valence-corrected chi connectivity index (χ1v) is 19.4. The van der Waals surface area contributed by atoms with Gasteiger partial charge in [-0.3, -0.25) is 0 Å². The van der Waals surface area contributed by atoms with Crippen molar-refractivity contribution in [3.8, 4) is 67.5 Å². The highest BCUT2D eigenvalue weighted by molar-refractivity contribution is 6.05. The molecule has 0 N–H and O–H groups in total. The summed E-state index contributed by atoms with van der Waals surface area (Å²) >= 11 is 0. The summed E-state index contributed by atoms with van der Waals surface area (Å²) in [7, 11) is 0. The first kappa shape index (κ1) is 31.8. The fraction of sp³-hybridized carbons (Fsp3) is 0.118.